The molecular weight excluding hydrogens is 292 g/mol. The SMILES string of the molecule is Cl[Si]CC1c2ccccc2-c2cccc(C3=CC=CC3)c21. The Bertz CT molecular complexity index is 758. The first kappa shape index (κ1) is 13.1. The van der Waals surface area contributed by atoms with E-state index >= 15 is 0 Å². The summed E-state index contributed by atoms with van der Waals surface area (Å²) in [5.41, 5.74) is 8.56. The minimum absolute atomic E-state index is 0.449. The number of allylic oxidation sites excluding steroid dienone is 4. The lowest BCUT2D eigenvalue weighted by molar-refractivity contribution is 0.945. The molecule has 2 aliphatic rings. The molecule has 102 valence electrons. The Morgan fingerprint density at radius 3 is 2.62 bits per heavy atom. The normalized spacial score (nSPS) is 18.5. The summed E-state index contributed by atoms with van der Waals surface area (Å²) in [5.74, 6) is 0.449. The predicted octanol–water partition coefficient (Wildman–Crippen LogP) is 5.42. The van der Waals surface area contributed by atoms with Gasteiger partial charge >= 0.3 is 0 Å². The summed E-state index contributed by atoms with van der Waals surface area (Å²) < 4.78 is 0. The van der Waals surface area contributed by atoms with E-state index in [-0.39, 0.29) is 0 Å². The van der Waals surface area contributed by atoms with Crippen molar-refractivity contribution in [3.63, 3.8) is 0 Å². The molecule has 21 heavy (non-hydrogen) atoms. The molecule has 0 nitrogen and oxygen atoms in total. The van der Waals surface area contributed by atoms with Crippen LogP contribution in [-0.2, 0) is 0 Å². The molecule has 0 aromatic heterocycles. The van der Waals surface area contributed by atoms with Gasteiger partial charge in [-0.3, -0.25) is 0 Å². The Balaban J connectivity index is 1.94. The van der Waals surface area contributed by atoms with Gasteiger partial charge in [0.2, 0.25) is 0 Å². The molecule has 0 saturated heterocycles. The molecule has 1 unspecified atom stereocenters. The highest BCUT2D eigenvalue weighted by molar-refractivity contribution is 6.93. The van der Waals surface area contributed by atoms with E-state index in [0.717, 1.165) is 12.5 Å². The second-order valence-electron chi connectivity index (χ2n) is 5.57. The number of hydrogen-bond acceptors (Lipinski definition) is 0. The van der Waals surface area contributed by atoms with E-state index in [2.05, 4.69) is 60.7 Å². The molecule has 2 heteroatoms. The third-order valence-electron chi connectivity index (χ3n) is 4.48. The van der Waals surface area contributed by atoms with Crippen molar-refractivity contribution in [2.75, 3.05) is 0 Å². The predicted molar refractivity (Wildman–Crippen MR) is 91.9 cm³/mol. The van der Waals surface area contributed by atoms with Crippen LogP contribution in [0.25, 0.3) is 16.7 Å². The van der Waals surface area contributed by atoms with Crippen LogP contribution in [0, 0.1) is 0 Å². The van der Waals surface area contributed by atoms with E-state index in [0.29, 0.717) is 14.7 Å². The minimum atomic E-state index is 0.449. The Morgan fingerprint density at radius 2 is 1.81 bits per heavy atom. The van der Waals surface area contributed by atoms with Crippen molar-refractivity contribution in [3.8, 4) is 11.1 Å². The quantitative estimate of drug-likeness (QED) is 0.525. The van der Waals surface area contributed by atoms with Crippen molar-refractivity contribution < 1.29 is 0 Å². The van der Waals surface area contributed by atoms with Crippen LogP contribution in [0.15, 0.2) is 60.7 Å². The Morgan fingerprint density at radius 1 is 1.00 bits per heavy atom. The number of hydrogen-bond donors (Lipinski definition) is 0. The molecule has 1 atom stereocenters. The molecule has 0 N–H and O–H groups in total. The maximum atomic E-state index is 6.13. The number of rotatable bonds is 3. The zero-order valence-electron chi connectivity index (χ0n) is 11.6. The number of halogens is 1. The van der Waals surface area contributed by atoms with Crippen LogP contribution in [0.5, 0.6) is 0 Å². The van der Waals surface area contributed by atoms with Crippen molar-refractivity contribution in [1.29, 1.82) is 0 Å². The highest BCUT2D eigenvalue weighted by Crippen LogP contribution is 2.49. The molecule has 0 spiro atoms. The van der Waals surface area contributed by atoms with Gasteiger partial charge in [0.1, 0.15) is 0 Å². The van der Waals surface area contributed by atoms with Crippen LogP contribution < -0.4 is 0 Å². The summed E-state index contributed by atoms with van der Waals surface area (Å²) in [4.78, 5) is 0. The summed E-state index contributed by atoms with van der Waals surface area (Å²) in [6.45, 7) is 0. The molecule has 0 fully saturated rings. The highest BCUT2D eigenvalue weighted by Gasteiger charge is 2.30. The lowest BCUT2D eigenvalue weighted by Crippen LogP contribution is -2.01. The highest BCUT2D eigenvalue weighted by atomic mass is 35.6. The Labute approximate surface area is 132 Å². The monoisotopic (exact) mass is 306 g/mol. The summed E-state index contributed by atoms with van der Waals surface area (Å²) in [7, 11) is 0.460. The van der Waals surface area contributed by atoms with Crippen LogP contribution >= 0.6 is 11.1 Å². The van der Waals surface area contributed by atoms with Crippen molar-refractivity contribution in [1.82, 2.24) is 0 Å². The second kappa shape index (κ2) is 5.32. The summed E-state index contributed by atoms with van der Waals surface area (Å²) in [6.07, 6.45) is 7.69. The summed E-state index contributed by atoms with van der Waals surface area (Å²) in [5, 5.41) is 0. The van der Waals surface area contributed by atoms with Crippen molar-refractivity contribution in [2.45, 2.75) is 18.4 Å². The number of benzene rings is 2. The maximum Gasteiger partial charge on any atom is 0.172 e. The van der Waals surface area contributed by atoms with Crippen molar-refractivity contribution in [3.05, 3.63) is 77.4 Å². The molecule has 0 saturated carbocycles. The third kappa shape index (κ3) is 2.04. The standard InChI is InChI=1S/C19H15ClSi/c20-21-12-18-16-9-4-3-8-15(16)17-11-5-10-14(19(17)18)13-6-1-2-7-13/h1-6,8-11,18H,7,12H2. The van der Waals surface area contributed by atoms with Crippen LogP contribution in [-0.4, -0.2) is 8.83 Å². The van der Waals surface area contributed by atoms with Crippen LogP contribution in [0.1, 0.15) is 29.0 Å². The van der Waals surface area contributed by atoms with Gasteiger partial charge in [-0.05, 0) is 45.9 Å². The molecule has 2 aromatic carbocycles. The fourth-order valence-electron chi connectivity index (χ4n) is 3.59. The molecule has 0 heterocycles. The van der Waals surface area contributed by atoms with E-state index in [1.165, 1.54) is 33.4 Å². The maximum absolute atomic E-state index is 6.13. The van der Waals surface area contributed by atoms with Gasteiger partial charge in [0.05, 0.1) is 0 Å². The van der Waals surface area contributed by atoms with Crippen LogP contribution in [0.4, 0.5) is 0 Å². The largest absolute Gasteiger partial charge is 0.172 e. The molecule has 4 rings (SSSR count). The lowest BCUT2D eigenvalue weighted by Gasteiger charge is -2.16. The first-order valence-corrected chi connectivity index (χ1v) is 9.54. The van der Waals surface area contributed by atoms with Gasteiger partial charge in [0, 0.05) is 5.92 Å². The lowest BCUT2D eigenvalue weighted by atomic mass is 9.90. The van der Waals surface area contributed by atoms with Gasteiger partial charge in [-0.2, -0.15) is 11.1 Å². The van der Waals surface area contributed by atoms with E-state index < -0.39 is 0 Å². The van der Waals surface area contributed by atoms with E-state index in [9.17, 15) is 0 Å². The molecule has 0 aliphatic heterocycles. The summed E-state index contributed by atoms with van der Waals surface area (Å²) in [6, 6.07) is 16.5. The number of fused-ring (bicyclic) bond motifs is 3. The molecule has 2 radical (unpaired) electrons. The molecular formula is C19H15ClSi. The van der Waals surface area contributed by atoms with Crippen LogP contribution in [0.3, 0.4) is 0 Å². The fraction of sp³-hybridized carbons (Fsp3) is 0.158. The smallest absolute Gasteiger partial charge is 0.171 e. The zero-order valence-corrected chi connectivity index (χ0v) is 13.4. The third-order valence-corrected chi connectivity index (χ3v) is 5.50. The molecule has 0 amide bonds. The topological polar surface area (TPSA) is 0 Å². The first-order valence-electron chi connectivity index (χ1n) is 7.32. The van der Waals surface area contributed by atoms with Gasteiger partial charge in [0.15, 0.2) is 8.83 Å². The molecule has 2 aromatic rings. The van der Waals surface area contributed by atoms with Gasteiger partial charge in [-0.25, -0.2) is 0 Å². The van der Waals surface area contributed by atoms with Crippen molar-refractivity contribution >= 4 is 25.5 Å². The van der Waals surface area contributed by atoms with Gasteiger partial charge in [0.25, 0.3) is 0 Å². The minimum Gasteiger partial charge on any atom is -0.171 e. The Kier molecular flexibility index (Phi) is 3.32. The van der Waals surface area contributed by atoms with E-state index in [1.54, 1.807) is 0 Å². The van der Waals surface area contributed by atoms with Gasteiger partial charge in [-0.1, -0.05) is 60.7 Å². The van der Waals surface area contributed by atoms with Crippen LogP contribution in [0.2, 0.25) is 6.04 Å². The first-order chi connectivity index (χ1) is 10.4. The van der Waals surface area contributed by atoms with Crippen molar-refractivity contribution in [2.24, 2.45) is 0 Å². The van der Waals surface area contributed by atoms with E-state index in [1.807, 2.05) is 0 Å². The zero-order chi connectivity index (χ0) is 14.2. The van der Waals surface area contributed by atoms with Gasteiger partial charge < -0.3 is 0 Å². The fourth-order valence-corrected chi connectivity index (χ4v) is 4.63. The molecule has 0 bridgehead atoms. The van der Waals surface area contributed by atoms with Gasteiger partial charge in [-0.15, -0.1) is 0 Å². The second-order valence-corrected chi connectivity index (χ2v) is 7.05. The summed E-state index contributed by atoms with van der Waals surface area (Å²) >= 11 is 6.13. The Hall–Kier alpha value is -1.57. The van der Waals surface area contributed by atoms with E-state index in [4.69, 9.17) is 11.1 Å². The average Bonchev–Trinajstić information content (AvgIpc) is 3.15. The molecule has 2 aliphatic carbocycles. The average molecular weight is 307 g/mol.